The smallest absolute Gasteiger partial charge is 0.223 e. The molecule has 0 spiro atoms. The number of anilines is 1. The monoisotopic (exact) mass is 400 g/mol. The number of nitrogens with one attached hydrogen (secondary N) is 1. The fraction of sp³-hybridized carbons (Fsp3) is 0.350. The van der Waals surface area contributed by atoms with Crippen molar-refractivity contribution in [3.05, 3.63) is 57.6 Å². The number of hydrogen-bond acceptors (Lipinski definition) is 3. The third kappa shape index (κ3) is 3.01. The number of halogens is 1. The zero-order valence-electron chi connectivity index (χ0n) is 14.1. The largest absolute Gasteiger partial charge is 0.508 e. The average molecular weight is 401 g/mol. The highest BCUT2D eigenvalue weighted by atomic mass is 79.9. The number of carbonyl (C=O) groups is 1. The zero-order valence-corrected chi connectivity index (χ0v) is 15.7. The van der Waals surface area contributed by atoms with E-state index in [9.17, 15) is 9.90 Å². The summed E-state index contributed by atoms with van der Waals surface area (Å²) in [6, 6.07) is 11.8. The van der Waals surface area contributed by atoms with Gasteiger partial charge in [0.25, 0.3) is 0 Å². The zero-order chi connectivity index (χ0) is 17.6. The Morgan fingerprint density at radius 3 is 2.84 bits per heavy atom. The summed E-state index contributed by atoms with van der Waals surface area (Å²) in [6.07, 6.45) is 2.38. The fourth-order valence-electron chi connectivity index (χ4n) is 4.02. The van der Waals surface area contributed by atoms with Gasteiger partial charge in [0.15, 0.2) is 0 Å². The third-order valence-electron chi connectivity index (χ3n) is 5.16. The molecular weight excluding hydrogens is 380 g/mol. The Hall–Kier alpha value is -2.01. The predicted octanol–water partition coefficient (Wildman–Crippen LogP) is 4.68. The number of nitrogens with zero attached hydrogens (tertiary/aromatic N) is 1. The van der Waals surface area contributed by atoms with Gasteiger partial charge in [0, 0.05) is 17.4 Å². The van der Waals surface area contributed by atoms with Gasteiger partial charge in [-0.1, -0.05) is 18.2 Å². The Balaban J connectivity index is 1.79. The van der Waals surface area contributed by atoms with E-state index in [2.05, 4.69) is 40.3 Å². The van der Waals surface area contributed by atoms with E-state index >= 15 is 0 Å². The molecule has 2 N–H and O–H groups in total. The highest BCUT2D eigenvalue weighted by molar-refractivity contribution is 9.10. The molecule has 0 saturated carbocycles. The molecule has 1 fully saturated rings. The minimum atomic E-state index is 0.0528. The standard InChI is InChI=1S/C20H21BrN2O2/c1-12-8-15-18(23-7-3-6-19(23)25)11-17(22-20(15)16(21)9-12)13-4-2-5-14(24)10-13/h2,4-5,8-10,17-18,22,24H,3,6-7,11H2,1H3. The highest BCUT2D eigenvalue weighted by Gasteiger charge is 2.36. The van der Waals surface area contributed by atoms with E-state index in [0.29, 0.717) is 6.42 Å². The number of hydrogen-bond donors (Lipinski definition) is 2. The number of rotatable bonds is 2. The maximum absolute atomic E-state index is 12.4. The van der Waals surface area contributed by atoms with Crippen LogP contribution in [0.5, 0.6) is 5.75 Å². The highest BCUT2D eigenvalue weighted by Crippen LogP contribution is 2.46. The summed E-state index contributed by atoms with van der Waals surface area (Å²) in [4.78, 5) is 14.4. The molecule has 2 aromatic carbocycles. The molecule has 0 aromatic heterocycles. The molecule has 2 aromatic rings. The Morgan fingerprint density at radius 2 is 2.12 bits per heavy atom. The Morgan fingerprint density at radius 1 is 1.28 bits per heavy atom. The van der Waals surface area contributed by atoms with E-state index in [1.807, 2.05) is 17.0 Å². The number of carbonyl (C=O) groups excluding carboxylic acids is 1. The number of fused-ring (bicyclic) bond motifs is 1. The van der Waals surface area contributed by atoms with Crippen LogP contribution < -0.4 is 5.32 Å². The van der Waals surface area contributed by atoms with Crippen molar-refractivity contribution in [2.45, 2.75) is 38.3 Å². The molecule has 4 nitrogen and oxygen atoms in total. The number of likely N-dealkylation sites (tertiary alicyclic amines) is 1. The molecule has 2 aliphatic rings. The van der Waals surface area contributed by atoms with Crippen molar-refractivity contribution in [3.8, 4) is 5.75 Å². The first-order chi connectivity index (χ1) is 12.0. The van der Waals surface area contributed by atoms with Crippen molar-refractivity contribution in [1.29, 1.82) is 0 Å². The van der Waals surface area contributed by atoms with Gasteiger partial charge in [-0.15, -0.1) is 0 Å². The lowest BCUT2D eigenvalue weighted by Gasteiger charge is -2.39. The van der Waals surface area contributed by atoms with Crippen LogP contribution in [0.25, 0.3) is 0 Å². The van der Waals surface area contributed by atoms with Gasteiger partial charge in [-0.2, -0.15) is 0 Å². The maximum atomic E-state index is 12.4. The van der Waals surface area contributed by atoms with E-state index in [1.165, 1.54) is 11.1 Å². The van der Waals surface area contributed by atoms with Gasteiger partial charge in [0.2, 0.25) is 5.91 Å². The molecule has 1 saturated heterocycles. The molecule has 0 radical (unpaired) electrons. The third-order valence-corrected chi connectivity index (χ3v) is 5.79. The second kappa shape index (κ2) is 6.37. The topological polar surface area (TPSA) is 52.6 Å². The van der Waals surface area contributed by atoms with Gasteiger partial charge in [-0.3, -0.25) is 4.79 Å². The molecule has 2 aliphatic heterocycles. The van der Waals surface area contributed by atoms with Crippen molar-refractivity contribution in [2.75, 3.05) is 11.9 Å². The molecular formula is C20H21BrN2O2. The van der Waals surface area contributed by atoms with Crippen molar-refractivity contribution < 1.29 is 9.90 Å². The van der Waals surface area contributed by atoms with Gasteiger partial charge >= 0.3 is 0 Å². The molecule has 130 valence electrons. The maximum Gasteiger partial charge on any atom is 0.223 e. The number of amides is 1. The second-order valence-corrected chi connectivity index (χ2v) is 7.80. The minimum Gasteiger partial charge on any atom is -0.508 e. The molecule has 2 atom stereocenters. The molecule has 0 bridgehead atoms. The lowest BCUT2D eigenvalue weighted by molar-refractivity contribution is -0.130. The normalized spacial score (nSPS) is 22.6. The molecule has 0 aliphatic carbocycles. The Labute approximate surface area is 156 Å². The fourth-order valence-corrected chi connectivity index (χ4v) is 4.73. The summed E-state index contributed by atoms with van der Waals surface area (Å²) in [5, 5.41) is 13.5. The molecule has 2 heterocycles. The summed E-state index contributed by atoms with van der Waals surface area (Å²) in [6.45, 7) is 2.90. The van der Waals surface area contributed by atoms with Gasteiger partial charge < -0.3 is 15.3 Å². The number of phenols is 1. The molecule has 1 amide bonds. The first kappa shape index (κ1) is 16.5. The lowest BCUT2D eigenvalue weighted by Crippen LogP contribution is -2.35. The number of phenolic OH excluding ortho intramolecular Hbond substituents is 1. The first-order valence-corrected chi connectivity index (χ1v) is 9.47. The van der Waals surface area contributed by atoms with Gasteiger partial charge in [-0.25, -0.2) is 0 Å². The summed E-state index contributed by atoms with van der Waals surface area (Å²) < 4.78 is 1.02. The molecule has 4 rings (SSSR count). The summed E-state index contributed by atoms with van der Waals surface area (Å²) in [7, 11) is 0. The minimum absolute atomic E-state index is 0.0528. The Bertz CT molecular complexity index is 836. The number of aromatic hydroxyl groups is 1. The van der Waals surface area contributed by atoms with Crippen molar-refractivity contribution in [1.82, 2.24) is 4.90 Å². The summed E-state index contributed by atoms with van der Waals surface area (Å²) in [5.41, 5.74) is 4.45. The predicted molar refractivity (Wildman–Crippen MR) is 102 cm³/mol. The van der Waals surface area contributed by atoms with Crippen molar-refractivity contribution in [3.63, 3.8) is 0 Å². The first-order valence-electron chi connectivity index (χ1n) is 8.68. The number of aryl methyl sites for hydroxylation is 1. The second-order valence-electron chi connectivity index (χ2n) is 6.95. The van der Waals surface area contributed by atoms with Crippen molar-refractivity contribution >= 4 is 27.5 Å². The van der Waals surface area contributed by atoms with Crippen LogP contribution in [-0.2, 0) is 4.79 Å². The van der Waals surface area contributed by atoms with Crippen LogP contribution in [0.15, 0.2) is 40.9 Å². The molecule has 5 heteroatoms. The van der Waals surface area contributed by atoms with Crippen LogP contribution in [0.3, 0.4) is 0 Å². The van der Waals surface area contributed by atoms with E-state index in [0.717, 1.165) is 35.1 Å². The SMILES string of the molecule is Cc1cc(Br)c2c(c1)C(N1CCCC1=O)CC(c1cccc(O)c1)N2. The van der Waals surface area contributed by atoms with Crippen LogP contribution in [0.2, 0.25) is 0 Å². The van der Waals surface area contributed by atoms with E-state index in [-0.39, 0.29) is 23.7 Å². The van der Waals surface area contributed by atoms with Gasteiger partial charge in [0.1, 0.15) is 5.75 Å². The van der Waals surface area contributed by atoms with Gasteiger partial charge in [-0.05, 0) is 70.6 Å². The Kier molecular flexibility index (Phi) is 4.20. The molecule has 25 heavy (non-hydrogen) atoms. The quantitative estimate of drug-likeness (QED) is 0.768. The van der Waals surface area contributed by atoms with Crippen LogP contribution >= 0.6 is 15.9 Å². The van der Waals surface area contributed by atoms with Crippen molar-refractivity contribution in [2.24, 2.45) is 0 Å². The van der Waals surface area contributed by atoms with Crippen LogP contribution in [0.4, 0.5) is 5.69 Å². The number of benzene rings is 2. The van der Waals surface area contributed by atoms with Crippen LogP contribution in [0, 0.1) is 6.92 Å². The average Bonchev–Trinajstić information content (AvgIpc) is 3.00. The lowest BCUT2D eigenvalue weighted by atomic mass is 9.87. The molecule has 2 unspecified atom stereocenters. The van der Waals surface area contributed by atoms with E-state index in [1.54, 1.807) is 12.1 Å². The van der Waals surface area contributed by atoms with E-state index in [4.69, 9.17) is 0 Å². The van der Waals surface area contributed by atoms with E-state index < -0.39 is 0 Å². The van der Waals surface area contributed by atoms with Crippen LogP contribution in [-0.4, -0.2) is 22.5 Å². The summed E-state index contributed by atoms with van der Waals surface area (Å²) >= 11 is 3.68. The van der Waals surface area contributed by atoms with Gasteiger partial charge in [0.05, 0.1) is 17.8 Å². The van der Waals surface area contributed by atoms with Crippen LogP contribution in [0.1, 0.15) is 48.0 Å². The summed E-state index contributed by atoms with van der Waals surface area (Å²) in [5.74, 6) is 0.506.